The summed E-state index contributed by atoms with van der Waals surface area (Å²) in [7, 11) is 0. The van der Waals surface area contributed by atoms with Crippen LogP contribution in [0.5, 0.6) is 0 Å². The van der Waals surface area contributed by atoms with Crippen LogP contribution in [-0.2, 0) is 6.42 Å². The summed E-state index contributed by atoms with van der Waals surface area (Å²) in [6, 6.07) is 5.46. The fraction of sp³-hybridized carbons (Fsp3) is 0.286. The Labute approximate surface area is 136 Å². The average molecular weight is 375 g/mol. The summed E-state index contributed by atoms with van der Waals surface area (Å²) in [6.07, 6.45) is 3.28. The summed E-state index contributed by atoms with van der Waals surface area (Å²) in [6.45, 7) is 2.97. The van der Waals surface area contributed by atoms with Crippen molar-refractivity contribution in [2.24, 2.45) is 0 Å². The van der Waals surface area contributed by atoms with E-state index in [-0.39, 0.29) is 0 Å². The maximum atomic E-state index is 6.17. The van der Waals surface area contributed by atoms with Gasteiger partial charge in [-0.15, -0.1) is 0 Å². The number of hydrogen-bond donors (Lipinski definition) is 1. The molecule has 0 unspecified atom stereocenters. The van der Waals surface area contributed by atoms with Crippen LogP contribution in [0.3, 0.4) is 0 Å². The Balaban J connectivity index is 2.25. The zero-order valence-corrected chi connectivity index (χ0v) is 14.1. The third-order valence-electron chi connectivity index (χ3n) is 2.73. The molecule has 1 N–H and O–H groups in total. The molecule has 0 fully saturated rings. The zero-order valence-electron chi connectivity index (χ0n) is 11.0. The lowest BCUT2D eigenvalue weighted by Crippen LogP contribution is -2.06. The fourth-order valence-corrected chi connectivity index (χ4v) is 2.58. The maximum absolute atomic E-state index is 6.17. The molecule has 0 radical (unpaired) electrons. The van der Waals surface area contributed by atoms with Crippen molar-refractivity contribution in [1.82, 2.24) is 9.97 Å². The molecule has 0 bridgehead atoms. The van der Waals surface area contributed by atoms with Gasteiger partial charge in [0.05, 0.1) is 4.47 Å². The Morgan fingerprint density at radius 1 is 1.25 bits per heavy atom. The second kappa shape index (κ2) is 7.25. The SMILES string of the molecule is CCCNc1nc(Cc2c(Cl)cccc2Cl)ncc1Br. The summed E-state index contributed by atoms with van der Waals surface area (Å²) >= 11 is 15.8. The average Bonchev–Trinajstić information content (AvgIpc) is 2.43. The quantitative estimate of drug-likeness (QED) is 0.803. The minimum atomic E-state index is 0.507. The van der Waals surface area contributed by atoms with Crippen LogP contribution in [0, 0.1) is 0 Å². The van der Waals surface area contributed by atoms with E-state index in [0.29, 0.717) is 22.3 Å². The molecular formula is C14H14BrCl2N3. The van der Waals surface area contributed by atoms with Gasteiger partial charge in [-0.25, -0.2) is 9.97 Å². The molecule has 0 aliphatic rings. The molecule has 2 aromatic rings. The highest BCUT2D eigenvalue weighted by Crippen LogP contribution is 2.27. The van der Waals surface area contributed by atoms with Crippen LogP contribution in [0.4, 0.5) is 5.82 Å². The van der Waals surface area contributed by atoms with Crippen LogP contribution >= 0.6 is 39.1 Å². The molecule has 3 nitrogen and oxygen atoms in total. The Morgan fingerprint density at radius 2 is 1.95 bits per heavy atom. The van der Waals surface area contributed by atoms with E-state index in [4.69, 9.17) is 23.2 Å². The highest BCUT2D eigenvalue weighted by molar-refractivity contribution is 9.10. The van der Waals surface area contributed by atoms with Gasteiger partial charge in [0.1, 0.15) is 11.6 Å². The largest absolute Gasteiger partial charge is 0.369 e. The van der Waals surface area contributed by atoms with E-state index in [9.17, 15) is 0 Å². The Kier molecular flexibility index (Phi) is 5.64. The summed E-state index contributed by atoms with van der Waals surface area (Å²) in [5, 5.41) is 4.52. The normalized spacial score (nSPS) is 10.6. The third-order valence-corrected chi connectivity index (χ3v) is 4.02. The number of halogens is 3. The van der Waals surface area contributed by atoms with Crippen molar-refractivity contribution >= 4 is 44.9 Å². The van der Waals surface area contributed by atoms with Crippen LogP contribution in [0.2, 0.25) is 10.0 Å². The number of anilines is 1. The molecule has 0 saturated heterocycles. The number of hydrogen-bond acceptors (Lipinski definition) is 3. The van der Waals surface area contributed by atoms with Gasteiger partial charge in [-0.05, 0) is 40.0 Å². The number of aromatic nitrogens is 2. The van der Waals surface area contributed by atoms with Crippen molar-refractivity contribution in [1.29, 1.82) is 0 Å². The smallest absolute Gasteiger partial charge is 0.144 e. The van der Waals surface area contributed by atoms with Gasteiger partial charge in [0.25, 0.3) is 0 Å². The van der Waals surface area contributed by atoms with Crippen molar-refractivity contribution in [3.8, 4) is 0 Å². The standard InChI is InChI=1S/C14H14BrCl2N3/c1-2-6-18-14-10(15)8-19-13(20-14)7-9-11(16)4-3-5-12(9)17/h3-5,8H,2,6-7H2,1H3,(H,18,19,20). The molecule has 0 aliphatic carbocycles. The van der Waals surface area contributed by atoms with E-state index in [0.717, 1.165) is 28.8 Å². The van der Waals surface area contributed by atoms with E-state index in [1.54, 1.807) is 6.20 Å². The van der Waals surface area contributed by atoms with Gasteiger partial charge in [0.2, 0.25) is 0 Å². The predicted molar refractivity (Wildman–Crippen MR) is 87.8 cm³/mol. The zero-order chi connectivity index (χ0) is 14.5. The van der Waals surface area contributed by atoms with E-state index < -0.39 is 0 Å². The van der Waals surface area contributed by atoms with Crippen LogP contribution in [0.1, 0.15) is 24.7 Å². The third kappa shape index (κ3) is 3.84. The van der Waals surface area contributed by atoms with Crippen LogP contribution in [0.15, 0.2) is 28.9 Å². The Bertz CT molecular complexity index is 585. The molecule has 1 aromatic heterocycles. The minimum absolute atomic E-state index is 0.507. The van der Waals surface area contributed by atoms with Crippen molar-refractivity contribution in [2.45, 2.75) is 19.8 Å². The molecule has 1 heterocycles. The van der Waals surface area contributed by atoms with Crippen LogP contribution in [0.25, 0.3) is 0 Å². The van der Waals surface area contributed by atoms with Gasteiger partial charge in [0.15, 0.2) is 0 Å². The summed E-state index contributed by atoms with van der Waals surface area (Å²) in [5.41, 5.74) is 0.847. The molecule has 0 spiro atoms. The second-order valence-corrected chi connectivity index (χ2v) is 5.96. The highest BCUT2D eigenvalue weighted by Gasteiger charge is 2.10. The molecule has 2 rings (SSSR count). The first-order valence-electron chi connectivity index (χ1n) is 6.30. The first kappa shape index (κ1) is 15.5. The molecule has 6 heteroatoms. The first-order chi connectivity index (χ1) is 9.61. The molecule has 1 aromatic carbocycles. The molecule has 0 saturated carbocycles. The fourth-order valence-electron chi connectivity index (χ4n) is 1.72. The Morgan fingerprint density at radius 3 is 2.60 bits per heavy atom. The molecule has 0 aliphatic heterocycles. The van der Waals surface area contributed by atoms with Crippen molar-refractivity contribution in [3.63, 3.8) is 0 Å². The van der Waals surface area contributed by atoms with Gasteiger partial charge in [0, 0.05) is 29.2 Å². The van der Waals surface area contributed by atoms with Crippen molar-refractivity contribution in [2.75, 3.05) is 11.9 Å². The summed E-state index contributed by atoms with van der Waals surface area (Å²) < 4.78 is 0.847. The predicted octanol–water partition coefficient (Wildman–Crippen LogP) is 4.96. The van der Waals surface area contributed by atoms with E-state index in [1.165, 1.54) is 0 Å². The number of nitrogens with one attached hydrogen (secondary N) is 1. The van der Waals surface area contributed by atoms with Gasteiger partial charge in [-0.3, -0.25) is 0 Å². The maximum Gasteiger partial charge on any atom is 0.144 e. The van der Waals surface area contributed by atoms with Gasteiger partial charge < -0.3 is 5.32 Å². The molecule has 0 atom stereocenters. The summed E-state index contributed by atoms with van der Waals surface area (Å²) in [4.78, 5) is 8.81. The van der Waals surface area contributed by atoms with E-state index >= 15 is 0 Å². The summed E-state index contributed by atoms with van der Waals surface area (Å²) in [5.74, 6) is 1.47. The second-order valence-electron chi connectivity index (χ2n) is 4.29. The Hall–Kier alpha value is -0.840. The molecule has 20 heavy (non-hydrogen) atoms. The van der Waals surface area contributed by atoms with E-state index in [2.05, 4.69) is 38.1 Å². The molecular weight excluding hydrogens is 361 g/mol. The van der Waals surface area contributed by atoms with E-state index in [1.807, 2.05) is 18.2 Å². The lowest BCUT2D eigenvalue weighted by atomic mass is 10.1. The minimum Gasteiger partial charge on any atom is -0.369 e. The molecule has 0 amide bonds. The van der Waals surface area contributed by atoms with Crippen LogP contribution < -0.4 is 5.32 Å². The number of nitrogens with zero attached hydrogens (tertiary/aromatic N) is 2. The topological polar surface area (TPSA) is 37.8 Å². The van der Waals surface area contributed by atoms with Crippen LogP contribution in [-0.4, -0.2) is 16.5 Å². The first-order valence-corrected chi connectivity index (χ1v) is 7.85. The number of benzene rings is 1. The monoisotopic (exact) mass is 373 g/mol. The van der Waals surface area contributed by atoms with Crippen molar-refractivity contribution in [3.05, 3.63) is 50.3 Å². The van der Waals surface area contributed by atoms with Gasteiger partial charge in [-0.2, -0.15) is 0 Å². The van der Waals surface area contributed by atoms with Gasteiger partial charge >= 0.3 is 0 Å². The lowest BCUT2D eigenvalue weighted by molar-refractivity contribution is 0.927. The molecule has 106 valence electrons. The van der Waals surface area contributed by atoms with Gasteiger partial charge in [-0.1, -0.05) is 36.2 Å². The number of rotatable bonds is 5. The highest BCUT2D eigenvalue weighted by atomic mass is 79.9. The lowest BCUT2D eigenvalue weighted by Gasteiger charge is -2.09. The van der Waals surface area contributed by atoms with Crippen molar-refractivity contribution < 1.29 is 0 Å².